The van der Waals surface area contributed by atoms with Crippen molar-refractivity contribution in [2.75, 3.05) is 59.0 Å². The van der Waals surface area contributed by atoms with Crippen molar-refractivity contribution in [1.82, 2.24) is 19.7 Å². The maximum atomic E-state index is 12.4. The second-order valence-corrected chi connectivity index (χ2v) is 8.06. The van der Waals surface area contributed by atoms with Crippen molar-refractivity contribution >= 4 is 27.5 Å². The SMILES string of the molecule is CC(c1nc2ccccc2s1)N1CCN(CC(=O)N2CCOCC2)CC1. The molecule has 1 aromatic carbocycles. The molecule has 0 saturated carbocycles. The van der Waals surface area contributed by atoms with Crippen LogP contribution in [0.25, 0.3) is 10.2 Å². The van der Waals surface area contributed by atoms with Crippen LogP contribution >= 0.6 is 11.3 Å². The minimum atomic E-state index is 0.237. The van der Waals surface area contributed by atoms with Crippen LogP contribution in [-0.2, 0) is 9.53 Å². The number of benzene rings is 1. The maximum Gasteiger partial charge on any atom is 0.236 e. The molecule has 0 aliphatic carbocycles. The van der Waals surface area contributed by atoms with Crippen LogP contribution in [0, 0.1) is 0 Å². The van der Waals surface area contributed by atoms with Gasteiger partial charge in [-0.05, 0) is 19.1 Å². The van der Waals surface area contributed by atoms with Gasteiger partial charge in [0.1, 0.15) is 5.01 Å². The first-order valence-electron chi connectivity index (χ1n) is 9.38. The zero-order valence-corrected chi connectivity index (χ0v) is 16.1. The fourth-order valence-corrected chi connectivity index (χ4v) is 4.69. The predicted octanol–water partition coefficient (Wildman–Crippen LogP) is 1.83. The van der Waals surface area contributed by atoms with Crippen LogP contribution < -0.4 is 0 Å². The third-order valence-electron chi connectivity index (χ3n) is 5.35. The van der Waals surface area contributed by atoms with Gasteiger partial charge in [0, 0.05) is 39.3 Å². The van der Waals surface area contributed by atoms with Gasteiger partial charge in [-0.25, -0.2) is 4.98 Å². The van der Waals surface area contributed by atoms with Gasteiger partial charge < -0.3 is 9.64 Å². The zero-order valence-electron chi connectivity index (χ0n) is 15.3. The third kappa shape index (κ3) is 3.91. The van der Waals surface area contributed by atoms with Gasteiger partial charge in [0.15, 0.2) is 0 Å². The number of carbonyl (C=O) groups is 1. The highest BCUT2D eigenvalue weighted by atomic mass is 32.1. The molecule has 1 atom stereocenters. The monoisotopic (exact) mass is 374 g/mol. The fraction of sp³-hybridized carbons (Fsp3) is 0.579. The van der Waals surface area contributed by atoms with Crippen molar-refractivity contribution in [3.8, 4) is 0 Å². The van der Waals surface area contributed by atoms with E-state index in [9.17, 15) is 4.79 Å². The Labute approximate surface area is 158 Å². The van der Waals surface area contributed by atoms with Crippen molar-refractivity contribution in [3.05, 3.63) is 29.3 Å². The van der Waals surface area contributed by atoms with Crippen molar-refractivity contribution in [3.63, 3.8) is 0 Å². The highest BCUT2D eigenvalue weighted by Crippen LogP contribution is 2.29. The first kappa shape index (κ1) is 17.9. The van der Waals surface area contributed by atoms with Gasteiger partial charge in [0.25, 0.3) is 0 Å². The predicted molar refractivity (Wildman–Crippen MR) is 103 cm³/mol. The molecule has 0 spiro atoms. The molecule has 7 heteroatoms. The Kier molecular flexibility index (Phi) is 5.49. The molecule has 2 fully saturated rings. The van der Waals surface area contributed by atoms with Crippen molar-refractivity contribution in [1.29, 1.82) is 0 Å². The molecule has 1 aromatic heterocycles. The van der Waals surface area contributed by atoms with E-state index in [1.54, 1.807) is 11.3 Å². The summed E-state index contributed by atoms with van der Waals surface area (Å²) in [5, 5.41) is 1.18. The molecule has 3 heterocycles. The number of morpholine rings is 1. The molecular weight excluding hydrogens is 348 g/mol. The van der Waals surface area contributed by atoms with Gasteiger partial charge in [-0.3, -0.25) is 14.6 Å². The topological polar surface area (TPSA) is 48.9 Å². The highest BCUT2D eigenvalue weighted by molar-refractivity contribution is 7.18. The Morgan fingerprint density at radius 3 is 2.62 bits per heavy atom. The van der Waals surface area contributed by atoms with E-state index in [0.717, 1.165) is 44.8 Å². The Balaban J connectivity index is 1.30. The van der Waals surface area contributed by atoms with Crippen molar-refractivity contribution in [2.45, 2.75) is 13.0 Å². The molecule has 2 aromatic rings. The van der Waals surface area contributed by atoms with Gasteiger partial charge in [-0.1, -0.05) is 12.1 Å². The number of hydrogen-bond acceptors (Lipinski definition) is 6. The van der Waals surface area contributed by atoms with Crippen LogP contribution in [-0.4, -0.2) is 84.6 Å². The van der Waals surface area contributed by atoms with E-state index in [4.69, 9.17) is 9.72 Å². The average Bonchev–Trinajstić information content (AvgIpc) is 3.13. The van der Waals surface area contributed by atoms with E-state index in [-0.39, 0.29) is 5.91 Å². The van der Waals surface area contributed by atoms with E-state index < -0.39 is 0 Å². The molecule has 1 amide bonds. The summed E-state index contributed by atoms with van der Waals surface area (Å²) in [5.74, 6) is 0.237. The lowest BCUT2D eigenvalue weighted by atomic mass is 10.2. The second kappa shape index (κ2) is 8.00. The number of aromatic nitrogens is 1. The van der Waals surface area contributed by atoms with Gasteiger partial charge in [0.2, 0.25) is 5.91 Å². The van der Waals surface area contributed by atoms with E-state index >= 15 is 0 Å². The van der Waals surface area contributed by atoms with Crippen molar-refractivity contribution in [2.24, 2.45) is 0 Å². The number of para-hydroxylation sites is 1. The minimum absolute atomic E-state index is 0.237. The lowest BCUT2D eigenvalue weighted by molar-refractivity contribution is -0.137. The molecule has 2 aliphatic heterocycles. The zero-order chi connectivity index (χ0) is 17.9. The number of thiazole rings is 1. The molecule has 2 aliphatic rings. The lowest BCUT2D eigenvalue weighted by Crippen LogP contribution is -2.51. The second-order valence-electron chi connectivity index (χ2n) is 7.00. The Hall–Kier alpha value is -1.54. The normalized spacial score (nSPS) is 21.2. The van der Waals surface area contributed by atoms with Crippen molar-refractivity contribution < 1.29 is 9.53 Å². The number of carbonyl (C=O) groups excluding carboxylic acids is 1. The fourth-order valence-electron chi connectivity index (χ4n) is 3.64. The van der Waals surface area contributed by atoms with Crippen LogP contribution in [0.2, 0.25) is 0 Å². The molecule has 1 unspecified atom stereocenters. The third-order valence-corrected chi connectivity index (χ3v) is 6.55. The summed E-state index contributed by atoms with van der Waals surface area (Å²) >= 11 is 1.79. The number of rotatable bonds is 4. The number of nitrogens with zero attached hydrogens (tertiary/aromatic N) is 4. The molecular formula is C19H26N4O2S. The Morgan fingerprint density at radius 1 is 1.15 bits per heavy atom. The summed E-state index contributed by atoms with van der Waals surface area (Å²) in [6.45, 7) is 9.40. The maximum absolute atomic E-state index is 12.4. The number of piperazine rings is 1. The minimum Gasteiger partial charge on any atom is -0.378 e. The van der Waals surface area contributed by atoms with Crippen LogP contribution in [0.5, 0.6) is 0 Å². The molecule has 4 rings (SSSR count). The number of fused-ring (bicyclic) bond motifs is 1. The summed E-state index contributed by atoms with van der Waals surface area (Å²) < 4.78 is 6.58. The van der Waals surface area contributed by atoms with Crippen LogP contribution in [0.3, 0.4) is 0 Å². The van der Waals surface area contributed by atoms with Gasteiger partial charge in [0.05, 0.1) is 36.0 Å². The summed E-state index contributed by atoms with van der Waals surface area (Å²) in [7, 11) is 0. The number of ether oxygens (including phenoxy) is 1. The summed E-state index contributed by atoms with van der Waals surface area (Å²) in [5.41, 5.74) is 1.09. The smallest absolute Gasteiger partial charge is 0.236 e. The molecule has 0 N–H and O–H groups in total. The lowest BCUT2D eigenvalue weighted by Gasteiger charge is -2.38. The molecule has 0 bridgehead atoms. The Morgan fingerprint density at radius 2 is 1.88 bits per heavy atom. The molecule has 6 nitrogen and oxygen atoms in total. The van der Waals surface area contributed by atoms with Gasteiger partial charge in [-0.15, -0.1) is 11.3 Å². The van der Waals surface area contributed by atoms with Crippen LogP contribution in [0.4, 0.5) is 0 Å². The van der Waals surface area contributed by atoms with E-state index in [0.29, 0.717) is 25.8 Å². The summed E-state index contributed by atoms with van der Waals surface area (Å²) in [6, 6.07) is 8.65. The van der Waals surface area contributed by atoms with Crippen LogP contribution in [0.15, 0.2) is 24.3 Å². The largest absolute Gasteiger partial charge is 0.378 e. The quantitative estimate of drug-likeness (QED) is 0.817. The standard InChI is InChI=1S/C19H26N4O2S/c1-15(19-20-16-4-2-3-5-17(16)26-19)22-8-6-21(7-9-22)14-18(24)23-10-12-25-13-11-23/h2-5,15H,6-14H2,1H3. The van der Waals surface area contributed by atoms with Gasteiger partial charge >= 0.3 is 0 Å². The summed E-state index contributed by atoms with van der Waals surface area (Å²) in [6.07, 6.45) is 0. The van der Waals surface area contributed by atoms with Gasteiger partial charge in [-0.2, -0.15) is 0 Å². The molecule has 2 saturated heterocycles. The number of hydrogen-bond donors (Lipinski definition) is 0. The summed E-state index contributed by atoms with van der Waals surface area (Å²) in [4.78, 5) is 23.9. The van der Waals surface area contributed by atoms with E-state index in [2.05, 4.69) is 34.9 Å². The number of amides is 1. The van der Waals surface area contributed by atoms with E-state index in [1.807, 2.05) is 11.0 Å². The molecule has 140 valence electrons. The highest BCUT2D eigenvalue weighted by Gasteiger charge is 2.26. The molecule has 0 radical (unpaired) electrons. The first-order valence-corrected chi connectivity index (χ1v) is 10.2. The van der Waals surface area contributed by atoms with E-state index in [1.165, 1.54) is 9.71 Å². The first-order chi connectivity index (χ1) is 12.7. The Bertz CT molecular complexity index is 718. The molecule has 26 heavy (non-hydrogen) atoms. The average molecular weight is 375 g/mol. The van der Waals surface area contributed by atoms with Crippen LogP contribution in [0.1, 0.15) is 18.0 Å².